The summed E-state index contributed by atoms with van der Waals surface area (Å²) in [7, 11) is 1.61. The van der Waals surface area contributed by atoms with Crippen molar-refractivity contribution in [2.45, 2.75) is 31.8 Å². The van der Waals surface area contributed by atoms with Gasteiger partial charge in [-0.15, -0.1) is 0 Å². The third-order valence-electron chi connectivity index (χ3n) is 4.43. The van der Waals surface area contributed by atoms with Crippen LogP contribution in [0.2, 0.25) is 0 Å². The zero-order chi connectivity index (χ0) is 17.6. The molecule has 0 saturated carbocycles. The number of amides is 2. The summed E-state index contributed by atoms with van der Waals surface area (Å²) in [5, 5.41) is 16.3. The van der Waals surface area contributed by atoms with Gasteiger partial charge in [0, 0.05) is 18.2 Å². The van der Waals surface area contributed by atoms with E-state index in [2.05, 4.69) is 10.5 Å². The third kappa shape index (κ3) is 4.11. The molecule has 0 aliphatic carbocycles. The highest BCUT2D eigenvalue weighted by molar-refractivity contribution is 5.74. The van der Waals surface area contributed by atoms with E-state index in [1.807, 2.05) is 24.3 Å². The number of rotatable bonds is 5. The first-order valence-electron chi connectivity index (χ1n) is 8.46. The van der Waals surface area contributed by atoms with E-state index < -0.39 is 0 Å². The van der Waals surface area contributed by atoms with Crippen LogP contribution < -0.4 is 10.1 Å². The van der Waals surface area contributed by atoms with Crippen LogP contribution in [-0.4, -0.2) is 47.5 Å². The minimum Gasteiger partial charge on any atom is -0.497 e. The molecule has 1 aliphatic rings. The molecular weight excluding hydrogens is 322 g/mol. The zero-order valence-corrected chi connectivity index (χ0v) is 14.3. The fraction of sp³-hybridized carbons (Fsp3) is 0.444. The molecule has 7 heteroatoms. The Labute approximate surface area is 146 Å². The maximum atomic E-state index is 12.3. The first-order valence-corrected chi connectivity index (χ1v) is 8.46. The normalized spacial score (nSPS) is 17.4. The molecule has 1 aromatic heterocycles. The van der Waals surface area contributed by atoms with Crippen LogP contribution in [0.1, 0.15) is 25.0 Å². The Morgan fingerprint density at radius 2 is 2.32 bits per heavy atom. The Morgan fingerprint density at radius 3 is 3.12 bits per heavy atom. The second-order valence-corrected chi connectivity index (χ2v) is 6.10. The van der Waals surface area contributed by atoms with Crippen LogP contribution in [0, 0.1) is 0 Å². The standard InChI is InChI=1S/C18H23N3O4/c1-24-16-7-4-5-13(9-16)17-10-14(20-25-17)11-19-18(23)21-8-3-2-6-15(21)12-22/h4-5,7,9-10,15,22H,2-3,6,8,11-12H2,1H3,(H,19,23)/t15-/m0/s1. The van der Waals surface area contributed by atoms with Crippen molar-refractivity contribution in [3.63, 3.8) is 0 Å². The largest absolute Gasteiger partial charge is 0.497 e. The van der Waals surface area contributed by atoms with Crippen molar-refractivity contribution in [2.24, 2.45) is 0 Å². The van der Waals surface area contributed by atoms with Gasteiger partial charge in [-0.25, -0.2) is 4.79 Å². The molecule has 1 aliphatic heterocycles. The molecule has 134 valence electrons. The van der Waals surface area contributed by atoms with E-state index in [0.29, 0.717) is 18.0 Å². The lowest BCUT2D eigenvalue weighted by Gasteiger charge is -2.34. The van der Waals surface area contributed by atoms with Gasteiger partial charge in [0.25, 0.3) is 0 Å². The van der Waals surface area contributed by atoms with E-state index in [-0.39, 0.29) is 25.2 Å². The number of aliphatic hydroxyl groups is 1. The van der Waals surface area contributed by atoms with E-state index in [1.165, 1.54) is 0 Å². The molecule has 2 amide bonds. The first-order chi connectivity index (χ1) is 12.2. The van der Waals surface area contributed by atoms with Crippen LogP contribution in [0.4, 0.5) is 4.79 Å². The fourth-order valence-electron chi connectivity index (χ4n) is 3.03. The molecule has 0 radical (unpaired) electrons. The minimum absolute atomic E-state index is 0.00261. The van der Waals surface area contributed by atoms with Gasteiger partial charge in [0.05, 0.1) is 26.3 Å². The average molecular weight is 345 g/mol. The minimum atomic E-state index is -0.176. The van der Waals surface area contributed by atoms with Gasteiger partial charge >= 0.3 is 6.03 Å². The van der Waals surface area contributed by atoms with E-state index >= 15 is 0 Å². The van der Waals surface area contributed by atoms with E-state index in [4.69, 9.17) is 9.26 Å². The molecule has 0 spiro atoms. The number of nitrogens with one attached hydrogen (secondary N) is 1. The van der Waals surface area contributed by atoms with Crippen LogP contribution in [0.25, 0.3) is 11.3 Å². The number of aliphatic hydroxyl groups excluding tert-OH is 1. The average Bonchev–Trinajstić information content (AvgIpc) is 3.15. The number of hydrogen-bond acceptors (Lipinski definition) is 5. The molecule has 0 bridgehead atoms. The van der Waals surface area contributed by atoms with Gasteiger partial charge in [0.1, 0.15) is 11.4 Å². The molecule has 2 N–H and O–H groups in total. The number of likely N-dealkylation sites (tertiary alicyclic amines) is 1. The Bertz CT molecular complexity index is 716. The summed E-state index contributed by atoms with van der Waals surface area (Å²) >= 11 is 0. The molecule has 1 saturated heterocycles. The Balaban J connectivity index is 1.60. The van der Waals surface area contributed by atoms with Crippen molar-refractivity contribution in [2.75, 3.05) is 20.3 Å². The summed E-state index contributed by atoms with van der Waals surface area (Å²) in [5.74, 6) is 1.36. The summed E-state index contributed by atoms with van der Waals surface area (Å²) in [4.78, 5) is 14.0. The molecule has 7 nitrogen and oxygen atoms in total. The summed E-state index contributed by atoms with van der Waals surface area (Å²) < 4.78 is 10.6. The van der Waals surface area contributed by atoms with Crippen LogP contribution in [0.5, 0.6) is 5.75 Å². The maximum absolute atomic E-state index is 12.3. The highest BCUT2D eigenvalue weighted by atomic mass is 16.5. The van der Waals surface area contributed by atoms with E-state index in [9.17, 15) is 9.90 Å². The molecule has 1 atom stereocenters. The Hall–Kier alpha value is -2.54. The van der Waals surface area contributed by atoms with Gasteiger partial charge in [0.15, 0.2) is 5.76 Å². The van der Waals surface area contributed by atoms with E-state index in [1.54, 1.807) is 18.1 Å². The summed E-state index contributed by atoms with van der Waals surface area (Å²) in [6, 6.07) is 9.03. The molecule has 1 fully saturated rings. The Kier molecular flexibility index (Phi) is 5.55. The molecule has 3 rings (SSSR count). The molecule has 25 heavy (non-hydrogen) atoms. The number of urea groups is 1. The molecular formula is C18H23N3O4. The highest BCUT2D eigenvalue weighted by Gasteiger charge is 2.25. The third-order valence-corrected chi connectivity index (χ3v) is 4.43. The van der Waals surface area contributed by atoms with Gasteiger partial charge in [-0.1, -0.05) is 17.3 Å². The zero-order valence-electron chi connectivity index (χ0n) is 14.3. The first kappa shape index (κ1) is 17.3. The number of carbonyl (C=O) groups excluding carboxylic acids is 1. The highest BCUT2D eigenvalue weighted by Crippen LogP contribution is 2.24. The second kappa shape index (κ2) is 8.02. The van der Waals surface area contributed by atoms with Crippen LogP contribution in [-0.2, 0) is 6.54 Å². The van der Waals surface area contributed by atoms with E-state index in [0.717, 1.165) is 30.6 Å². The monoisotopic (exact) mass is 345 g/mol. The SMILES string of the molecule is COc1cccc(-c2cc(CNC(=O)N3CCCC[C@H]3CO)no2)c1. The van der Waals surface area contributed by atoms with Crippen LogP contribution >= 0.6 is 0 Å². The number of aromatic nitrogens is 1. The molecule has 0 unspecified atom stereocenters. The quantitative estimate of drug-likeness (QED) is 0.869. The predicted octanol–water partition coefficient (Wildman–Crippen LogP) is 2.41. The number of hydrogen-bond donors (Lipinski definition) is 2. The number of carbonyl (C=O) groups is 1. The summed E-state index contributed by atoms with van der Waals surface area (Å²) in [5.41, 5.74) is 1.50. The van der Waals surface area contributed by atoms with Gasteiger partial charge in [-0.3, -0.25) is 0 Å². The lowest BCUT2D eigenvalue weighted by atomic mass is 10.0. The lowest BCUT2D eigenvalue weighted by Crippen LogP contribution is -2.49. The van der Waals surface area contributed by atoms with Crippen molar-refractivity contribution in [1.82, 2.24) is 15.4 Å². The number of methoxy groups -OCH3 is 1. The van der Waals surface area contributed by atoms with Crippen molar-refractivity contribution < 1.29 is 19.2 Å². The van der Waals surface area contributed by atoms with Crippen LogP contribution in [0.3, 0.4) is 0 Å². The molecule has 2 heterocycles. The Morgan fingerprint density at radius 1 is 1.44 bits per heavy atom. The summed E-state index contributed by atoms with van der Waals surface area (Å²) in [6.45, 7) is 0.948. The number of ether oxygens (including phenoxy) is 1. The topological polar surface area (TPSA) is 87.8 Å². The van der Waals surface area contributed by atoms with Crippen LogP contribution in [0.15, 0.2) is 34.9 Å². The molecule has 2 aromatic rings. The van der Waals surface area contributed by atoms with Crippen molar-refractivity contribution in [1.29, 1.82) is 0 Å². The van der Waals surface area contributed by atoms with Crippen molar-refractivity contribution in [3.8, 4) is 17.1 Å². The predicted molar refractivity (Wildman–Crippen MR) is 92.2 cm³/mol. The fourth-order valence-corrected chi connectivity index (χ4v) is 3.03. The summed E-state index contributed by atoms with van der Waals surface area (Å²) in [6.07, 6.45) is 2.85. The smallest absolute Gasteiger partial charge is 0.318 e. The van der Waals surface area contributed by atoms with Crippen molar-refractivity contribution in [3.05, 3.63) is 36.0 Å². The van der Waals surface area contributed by atoms with Gasteiger partial charge in [-0.05, 0) is 31.4 Å². The number of benzene rings is 1. The molecule has 1 aromatic carbocycles. The van der Waals surface area contributed by atoms with Gasteiger partial charge in [-0.2, -0.15) is 0 Å². The van der Waals surface area contributed by atoms with Crippen molar-refractivity contribution >= 4 is 6.03 Å². The second-order valence-electron chi connectivity index (χ2n) is 6.10. The number of piperidine rings is 1. The maximum Gasteiger partial charge on any atom is 0.318 e. The van der Waals surface area contributed by atoms with Gasteiger partial charge < -0.3 is 24.6 Å². The number of nitrogens with zero attached hydrogens (tertiary/aromatic N) is 2. The lowest BCUT2D eigenvalue weighted by molar-refractivity contribution is 0.108. The van der Waals surface area contributed by atoms with Gasteiger partial charge in [0.2, 0.25) is 0 Å².